The van der Waals surface area contributed by atoms with Crippen molar-refractivity contribution in [2.75, 3.05) is 6.61 Å². The molecule has 0 radical (unpaired) electrons. The van der Waals surface area contributed by atoms with Crippen LogP contribution < -0.4 is 15.6 Å². The minimum absolute atomic E-state index is 0.356. The minimum Gasteiger partial charge on any atom is -0.494 e. The third kappa shape index (κ3) is 4.98. The van der Waals surface area contributed by atoms with Gasteiger partial charge in [-0.2, -0.15) is 0 Å². The number of hydrogen-bond donors (Lipinski definition) is 2. The quantitative estimate of drug-likeness (QED) is 0.646. The van der Waals surface area contributed by atoms with Gasteiger partial charge in [-0.25, -0.2) is 0 Å². The summed E-state index contributed by atoms with van der Waals surface area (Å²) in [5.41, 5.74) is 7.91. The van der Waals surface area contributed by atoms with Gasteiger partial charge in [0.1, 0.15) is 5.75 Å². The second kappa shape index (κ2) is 9.37. The molecule has 0 bridgehead atoms. The molecule has 0 fully saturated rings. The maximum atomic E-state index is 12.6. The number of rotatable bonds is 6. The molecule has 0 atom stereocenters. The van der Waals surface area contributed by atoms with E-state index in [-0.39, 0.29) is 5.91 Å². The second-order valence-corrected chi connectivity index (χ2v) is 6.19. The smallest absolute Gasteiger partial charge is 0.269 e. The van der Waals surface area contributed by atoms with Crippen molar-refractivity contribution in [3.8, 4) is 5.75 Å². The number of amides is 2. The highest BCUT2D eigenvalue weighted by molar-refractivity contribution is 5.99. The van der Waals surface area contributed by atoms with Crippen LogP contribution in [0.2, 0.25) is 0 Å². The number of benzene rings is 3. The third-order valence-corrected chi connectivity index (χ3v) is 4.22. The molecule has 3 rings (SSSR count). The van der Waals surface area contributed by atoms with E-state index in [1.165, 1.54) is 0 Å². The average molecular weight is 374 g/mol. The standard InChI is InChI=1S/C23H22N2O3/c1-2-28-20-14-12-18(13-15-20)22(26)24-25-23(27)21-11-7-6-10-19(21)16-17-8-4-3-5-9-17/h3-15H,2,16H2,1H3,(H,24,26)(H,25,27). The molecule has 5 heteroatoms. The Hall–Kier alpha value is -3.60. The fourth-order valence-electron chi connectivity index (χ4n) is 2.83. The highest BCUT2D eigenvalue weighted by atomic mass is 16.5. The molecular weight excluding hydrogens is 352 g/mol. The van der Waals surface area contributed by atoms with Crippen LogP contribution >= 0.6 is 0 Å². The molecule has 0 unspecified atom stereocenters. The monoisotopic (exact) mass is 374 g/mol. The molecule has 0 aliphatic rings. The van der Waals surface area contributed by atoms with Crippen LogP contribution in [0.4, 0.5) is 0 Å². The first kappa shape index (κ1) is 19.2. The second-order valence-electron chi connectivity index (χ2n) is 6.19. The van der Waals surface area contributed by atoms with Gasteiger partial charge in [-0.1, -0.05) is 48.5 Å². The van der Waals surface area contributed by atoms with Crippen LogP contribution in [0.3, 0.4) is 0 Å². The summed E-state index contributed by atoms with van der Waals surface area (Å²) < 4.78 is 5.36. The summed E-state index contributed by atoms with van der Waals surface area (Å²) in [6.07, 6.45) is 0.636. The first-order valence-corrected chi connectivity index (χ1v) is 9.12. The molecule has 0 aliphatic carbocycles. The van der Waals surface area contributed by atoms with E-state index in [0.29, 0.717) is 29.9 Å². The van der Waals surface area contributed by atoms with Gasteiger partial charge in [0, 0.05) is 11.1 Å². The van der Waals surface area contributed by atoms with E-state index in [1.54, 1.807) is 36.4 Å². The fraction of sp³-hybridized carbons (Fsp3) is 0.130. The van der Waals surface area contributed by atoms with E-state index >= 15 is 0 Å². The molecule has 28 heavy (non-hydrogen) atoms. The van der Waals surface area contributed by atoms with Crippen molar-refractivity contribution in [2.24, 2.45) is 0 Å². The van der Waals surface area contributed by atoms with Gasteiger partial charge < -0.3 is 4.74 Å². The zero-order valence-electron chi connectivity index (χ0n) is 15.6. The zero-order valence-corrected chi connectivity index (χ0v) is 15.6. The fourth-order valence-corrected chi connectivity index (χ4v) is 2.83. The lowest BCUT2D eigenvalue weighted by Gasteiger charge is -2.11. The Morgan fingerprint density at radius 1 is 0.786 bits per heavy atom. The van der Waals surface area contributed by atoms with Gasteiger partial charge in [0.2, 0.25) is 0 Å². The van der Waals surface area contributed by atoms with Crippen molar-refractivity contribution in [2.45, 2.75) is 13.3 Å². The molecule has 142 valence electrons. The Morgan fingerprint density at radius 2 is 1.43 bits per heavy atom. The van der Waals surface area contributed by atoms with Gasteiger partial charge in [0.25, 0.3) is 11.8 Å². The maximum Gasteiger partial charge on any atom is 0.269 e. The van der Waals surface area contributed by atoms with Crippen molar-refractivity contribution < 1.29 is 14.3 Å². The van der Waals surface area contributed by atoms with E-state index in [1.807, 2.05) is 49.4 Å². The lowest BCUT2D eigenvalue weighted by molar-refractivity contribution is 0.0846. The molecule has 2 N–H and O–H groups in total. The van der Waals surface area contributed by atoms with Crippen molar-refractivity contribution >= 4 is 11.8 Å². The average Bonchev–Trinajstić information content (AvgIpc) is 2.74. The van der Waals surface area contributed by atoms with E-state index in [9.17, 15) is 9.59 Å². The van der Waals surface area contributed by atoms with Gasteiger partial charge in [-0.3, -0.25) is 20.4 Å². The number of ether oxygens (including phenoxy) is 1. The summed E-state index contributed by atoms with van der Waals surface area (Å²) >= 11 is 0. The van der Waals surface area contributed by atoms with Crippen LogP contribution in [0, 0.1) is 0 Å². The summed E-state index contributed by atoms with van der Waals surface area (Å²) in [7, 11) is 0. The lowest BCUT2D eigenvalue weighted by Crippen LogP contribution is -2.41. The molecule has 0 heterocycles. The van der Waals surface area contributed by atoms with Gasteiger partial charge in [0.05, 0.1) is 6.61 Å². The number of nitrogens with one attached hydrogen (secondary N) is 2. The Morgan fingerprint density at radius 3 is 2.14 bits per heavy atom. The van der Waals surface area contributed by atoms with Crippen LogP contribution in [0.25, 0.3) is 0 Å². The molecule has 0 saturated carbocycles. The Bertz CT molecular complexity index is 938. The topological polar surface area (TPSA) is 67.4 Å². The van der Waals surface area contributed by atoms with E-state index in [0.717, 1.165) is 11.1 Å². The number of carbonyl (C=O) groups is 2. The molecule has 0 aromatic heterocycles. The van der Waals surface area contributed by atoms with Crippen LogP contribution in [-0.2, 0) is 6.42 Å². The van der Waals surface area contributed by atoms with Gasteiger partial charge in [-0.05, 0) is 54.8 Å². The van der Waals surface area contributed by atoms with E-state index < -0.39 is 5.91 Å². The molecule has 3 aromatic carbocycles. The molecule has 2 amide bonds. The summed E-state index contributed by atoms with van der Waals surface area (Å²) in [4.78, 5) is 24.8. The van der Waals surface area contributed by atoms with Crippen LogP contribution in [0.5, 0.6) is 5.75 Å². The van der Waals surface area contributed by atoms with Crippen molar-refractivity contribution in [3.05, 3.63) is 101 Å². The summed E-state index contributed by atoms with van der Waals surface area (Å²) in [5, 5.41) is 0. The normalized spacial score (nSPS) is 10.2. The number of hydrogen-bond acceptors (Lipinski definition) is 3. The van der Waals surface area contributed by atoms with Gasteiger partial charge in [0.15, 0.2) is 0 Å². The van der Waals surface area contributed by atoms with Crippen LogP contribution in [0.1, 0.15) is 38.8 Å². The summed E-state index contributed by atoms with van der Waals surface area (Å²) in [6, 6.07) is 24.0. The first-order valence-electron chi connectivity index (χ1n) is 9.12. The van der Waals surface area contributed by atoms with Gasteiger partial charge >= 0.3 is 0 Å². The minimum atomic E-state index is -0.392. The molecule has 0 aliphatic heterocycles. The predicted octanol–water partition coefficient (Wildman–Crippen LogP) is 3.75. The van der Waals surface area contributed by atoms with Crippen molar-refractivity contribution in [1.82, 2.24) is 10.9 Å². The molecule has 0 spiro atoms. The summed E-state index contributed by atoms with van der Waals surface area (Å²) in [6.45, 7) is 2.45. The largest absolute Gasteiger partial charge is 0.494 e. The number of carbonyl (C=O) groups excluding carboxylic acids is 2. The Kier molecular flexibility index (Phi) is 6.41. The Balaban J connectivity index is 1.64. The maximum absolute atomic E-state index is 12.6. The predicted molar refractivity (Wildman–Crippen MR) is 108 cm³/mol. The van der Waals surface area contributed by atoms with E-state index in [4.69, 9.17) is 4.74 Å². The van der Waals surface area contributed by atoms with Crippen molar-refractivity contribution in [3.63, 3.8) is 0 Å². The van der Waals surface area contributed by atoms with Crippen LogP contribution in [-0.4, -0.2) is 18.4 Å². The highest BCUT2D eigenvalue weighted by Gasteiger charge is 2.13. The Labute approximate surface area is 164 Å². The molecular formula is C23H22N2O3. The highest BCUT2D eigenvalue weighted by Crippen LogP contribution is 2.15. The lowest BCUT2D eigenvalue weighted by atomic mass is 9.99. The van der Waals surface area contributed by atoms with Crippen LogP contribution in [0.15, 0.2) is 78.9 Å². The zero-order chi connectivity index (χ0) is 19.8. The van der Waals surface area contributed by atoms with E-state index in [2.05, 4.69) is 10.9 Å². The first-order chi connectivity index (χ1) is 13.7. The van der Waals surface area contributed by atoms with Gasteiger partial charge in [-0.15, -0.1) is 0 Å². The molecule has 5 nitrogen and oxygen atoms in total. The third-order valence-electron chi connectivity index (χ3n) is 4.22. The SMILES string of the molecule is CCOc1ccc(C(=O)NNC(=O)c2ccccc2Cc2ccccc2)cc1. The molecule has 3 aromatic rings. The van der Waals surface area contributed by atoms with Crippen molar-refractivity contribution in [1.29, 1.82) is 0 Å². The summed E-state index contributed by atoms with van der Waals surface area (Å²) in [5.74, 6) is -0.0549. The number of hydrazine groups is 1. The molecule has 0 saturated heterocycles.